The van der Waals surface area contributed by atoms with Crippen molar-refractivity contribution < 1.29 is 19.1 Å². The summed E-state index contributed by atoms with van der Waals surface area (Å²) in [5.74, 6) is -1.28. The van der Waals surface area contributed by atoms with Gasteiger partial charge in [0.25, 0.3) is 5.91 Å². The molecule has 0 spiro atoms. The van der Waals surface area contributed by atoms with Gasteiger partial charge in [0, 0.05) is 16.5 Å². The number of carboxylic acids is 1. The van der Waals surface area contributed by atoms with E-state index in [4.69, 9.17) is 21.1 Å². The highest BCUT2D eigenvalue weighted by atomic mass is 35.5. The predicted octanol–water partition coefficient (Wildman–Crippen LogP) is 2.68. The number of aliphatic carboxylic acids is 1. The van der Waals surface area contributed by atoms with Crippen LogP contribution >= 0.6 is 11.6 Å². The summed E-state index contributed by atoms with van der Waals surface area (Å²) in [4.78, 5) is 22.7. The lowest BCUT2D eigenvalue weighted by molar-refractivity contribution is -0.145. The Morgan fingerprint density at radius 3 is 2.75 bits per heavy atom. The molecule has 1 aliphatic carbocycles. The molecule has 3 rings (SSSR count). The van der Waals surface area contributed by atoms with Gasteiger partial charge in [-0.3, -0.25) is 9.59 Å². The van der Waals surface area contributed by atoms with Crippen LogP contribution in [0.25, 0.3) is 11.0 Å². The maximum Gasteiger partial charge on any atom is 0.306 e. The minimum Gasteiger partial charge on any atom is -0.481 e. The van der Waals surface area contributed by atoms with Crippen molar-refractivity contribution in [1.82, 2.24) is 5.32 Å². The Morgan fingerprint density at radius 2 is 2.05 bits per heavy atom. The van der Waals surface area contributed by atoms with E-state index in [2.05, 4.69) is 5.32 Å². The zero-order valence-electron chi connectivity index (χ0n) is 10.4. The average Bonchev–Trinajstić information content (AvgIpc) is 2.75. The van der Waals surface area contributed by atoms with Crippen LogP contribution < -0.4 is 5.32 Å². The van der Waals surface area contributed by atoms with Crippen LogP contribution in [-0.2, 0) is 4.79 Å². The van der Waals surface area contributed by atoms with E-state index in [1.807, 2.05) is 0 Å². The van der Waals surface area contributed by atoms with Crippen LogP contribution in [0.3, 0.4) is 0 Å². The molecular weight excluding hydrogens is 282 g/mol. The summed E-state index contributed by atoms with van der Waals surface area (Å²) < 4.78 is 5.44. The van der Waals surface area contributed by atoms with Crippen molar-refractivity contribution in [3.63, 3.8) is 0 Å². The number of carboxylic acid groups (broad SMARTS) is 1. The highest BCUT2D eigenvalue weighted by Crippen LogP contribution is 2.28. The molecule has 1 aromatic carbocycles. The van der Waals surface area contributed by atoms with Crippen molar-refractivity contribution in [3.05, 3.63) is 35.0 Å². The van der Waals surface area contributed by atoms with E-state index in [9.17, 15) is 9.59 Å². The van der Waals surface area contributed by atoms with Gasteiger partial charge < -0.3 is 14.8 Å². The van der Waals surface area contributed by atoms with Crippen LogP contribution in [0.1, 0.15) is 23.4 Å². The molecule has 1 fully saturated rings. The standard InChI is InChI=1S/C14H12ClNO4/c15-9-1-2-11-7(3-9)6-12(20-11)13(17)16-10-4-8(5-10)14(18)19/h1-3,6,8,10H,4-5H2,(H,16,17)(H,18,19). The number of amides is 1. The van der Waals surface area contributed by atoms with E-state index in [0.717, 1.165) is 5.39 Å². The normalized spacial score (nSPS) is 21.4. The number of furan rings is 1. The monoisotopic (exact) mass is 293 g/mol. The first kappa shape index (κ1) is 13.0. The topological polar surface area (TPSA) is 79.5 Å². The molecule has 2 N–H and O–H groups in total. The summed E-state index contributed by atoms with van der Waals surface area (Å²) >= 11 is 5.87. The maximum atomic E-state index is 12.0. The van der Waals surface area contributed by atoms with E-state index in [1.165, 1.54) is 0 Å². The minimum absolute atomic E-state index is 0.0969. The SMILES string of the molecule is O=C(NC1CC(C(=O)O)C1)c1cc2cc(Cl)ccc2o1. The Labute approximate surface area is 119 Å². The van der Waals surface area contributed by atoms with Gasteiger partial charge in [-0.15, -0.1) is 0 Å². The van der Waals surface area contributed by atoms with E-state index in [1.54, 1.807) is 24.3 Å². The molecular formula is C14H12ClNO4. The summed E-state index contributed by atoms with van der Waals surface area (Å²) in [5, 5.41) is 12.9. The number of carbonyl (C=O) groups excluding carboxylic acids is 1. The van der Waals surface area contributed by atoms with Crippen molar-refractivity contribution >= 4 is 34.4 Å². The molecule has 1 amide bonds. The molecule has 0 atom stereocenters. The van der Waals surface area contributed by atoms with Gasteiger partial charge in [-0.2, -0.15) is 0 Å². The average molecular weight is 294 g/mol. The fraction of sp³-hybridized carbons (Fsp3) is 0.286. The van der Waals surface area contributed by atoms with Crippen LogP contribution in [0.4, 0.5) is 0 Å². The number of benzene rings is 1. The van der Waals surface area contributed by atoms with Crippen molar-refractivity contribution in [2.24, 2.45) is 5.92 Å². The van der Waals surface area contributed by atoms with Gasteiger partial charge in [0.05, 0.1) is 5.92 Å². The summed E-state index contributed by atoms with van der Waals surface area (Å²) in [7, 11) is 0. The third-order valence-electron chi connectivity index (χ3n) is 3.52. The molecule has 0 bridgehead atoms. The molecule has 0 radical (unpaired) electrons. The van der Waals surface area contributed by atoms with E-state index >= 15 is 0 Å². The number of hydrogen-bond donors (Lipinski definition) is 2. The largest absolute Gasteiger partial charge is 0.481 e. The van der Waals surface area contributed by atoms with Crippen LogP contribution in [0.2, 0.25) is 5.02 Å². The van der Waals surface area contributed by atoms with Crippen LogP contribution in [0.5, 0.6) is 0 Å². The third-order valence-corrected chi connectivity index (χ3v) is 3.76. The Bertz CT molecular complexity index is 688. The summed E-state index contributed by atoms with van der Waals surface area (Å²) in [6, 6.07) is 6.65. The molecule has 6 heteroatoms. The Morgan fingerprint density at radius 1 is 1.30 bits per heavy atom. The highest BCUT2D eigenvalue weighted by Gasteiger charge is 2.35. The zero-order valence-corrected chi connectivity index (χ0v) is 11.2. The summed E-state index contributed by atoms with van der Waals surface area (Å²) in [6.07, 6.45) is 0.931. The van der Waals surface area contributed by atoms with E-state index in [-0.39, 0.29) is 23.6 Å². The molecule has 2 aromatic rings. The molecule has 104 valence electrons. The number of rotatable bonds is 3. The summed E-state index contributed by atoms with van der Waals surface area (Å²) in [6.45, 7) is 0. The van der Waals surface area contributed by atoms with Gasteiger partial charge in [-0.1, -0.05) is 11.6 Å². The number of hydrogen-bond acceptors (Lipinski definition) is 3. The first-order valence-corrected chi connectivity index (χ1v) is 6.63. The molecule has 0 saturated heterocycles. The van der Waals surface area contributed by atoms with Crippen molar-refractivity contribution in [3.8, 4) is 0 Å². The fourth-order valence-electron chi connectivity index (χ4n) is 2.32. The molecule has 5 nitrogen and oxygen atoms in total. The first-order valence-electron chi connectivity index (χ1n) is 6.25. The van der Waals surface area contributed by atoms with Crippen LogP contribution in [-0.4, -0.2) is 23.0 Å². The van der Waals surface area contributed by atoms with Crippen molar-refractivity contribution in [2.45, 2.75) is 18.9 Å². The van der Waals surface area contributed by atoms with Gasteiger partial charge in [0.2, 0.25) is 0 Å². The van der Waals surface area contributed by atoms with Crippen LogP contribution in [0, 0.1) is 5.92 Å². The highest BCUT2D eigenvalue weighted by molar-refractivity contribution is 6.31. The van der Waals surface area contributed by atoms with Crippen LogP contribution in [0.15, 0.2) is 28.7 Å². The lowest BCUT2D eigenvalue weighted by atomic mass is 9.80. The predicted molar refractivity (Wildman–Crippen MR) is 72.8 cm³/mol. The second-order valence-electron chi connectivity index (χ2n) is 4.97. The number of nitrogens with one attached hydrogen (secondary N) is 1. The second-order valence-corrected chi connectivity index (χ2v) is 5.41. The quantitative estimate of drug-likeness (QED) is 0.912. The molecule has 0 aliphatic heterocycles. The molecule has 1 saturated carbocycles. The maximum absolute atomic E-state index is 12.0. The Balaban J connectivity index is 1.69. The summed E-state index contributed by atoms with van der Waals surface area (Å²) in [5.41, 5.74) is 0.594. The van der Waals surface area contributed by atoms with Gasteiger partial charge in [-0.25, -0.2) is 0 Å². The second kappa shape index (κ2) is 4.83. The Kier molecular flexibility index (Phi) is 3.14. The minimum atomic E-state index is -0.811. The lowest BCUT2D eigenvalue weighted by Gasteiger charge is -2.32. The molecule has 1 aromatic heterocycles. The number of carbonyl (C=O) groups is 2. The number of halogens is 1. The smallest absolute Gasteiger partial charge is 0.306 e. The zero-order chi connectivity index (χ0) is 14.3. The Hall–Kier alpha value is -2.01. The van der Waals surface area contributed by atoms with Gasteiger partial charge >= 0.3 is 5.97 Å². The first-order chi connectivity index (χ1) is 9.52. The molecule has 1 heterocycles. The van der Waals surface area contributed by atoms with Crippen molar-refractivity contribution in [1.29, 1.82) is 0 Å². The molecule has 1 aliphatic rings. The molecule has 20 heavy (non-hydrogen) atoms. The molecule has 0 unspecified atom stereocenters. The van der Waals surface area contributed by atoms with Gasteiger partial charge in [0.1, 0.15) is 5.58 Å². The van der Waals surface area contributed by atoms with Gasteiger partial charge in [0.15, 0.2) is 5.76 Å². The van der Waals surface area contributed by atoms with E-state index in [0.29, 0.717) is 23.4 Å². The third kappa shape index (κ3) is 2.36. The fourth-order valence-corrected chi connectivity index (χ4v) is 2.50. The van der Waals surface area contributed by atoms with Gasteiger partial charge in [-0.05, 0) is 37.1 Å². The number of fused-ring (bicyclic) bond motifs is 1. The van der Waals surface area contributed by atoms with E-state index < -0.39 is 5.97 Å². The lowest BCUT2D eigenvalue weighted by Crippen LogP contribution is -2.46. The van der Waals surface area contributed by atoms with Crippen molar-refractivity contribution in [2.75, 3.05) is 0 Å².